The smallest absolute Gasteiger partial charge is 0.120 e. The summed E-state index contributed by atoms with van der Waals surface area (Å²) in [4.78, 5) is 0. The minimum absolute atomic E-state index is 0.533. The topological polar surface area (TPSA) is 21.3 Å². The predicted octanol–water partition coefficient (Wildman–Crippen LogP) is 4.84. The zero-order valence-electron chi connectivity index (χ0n) is 13.4. The number of ether oxygens (including phenoxy) is 1. The SMILES string of the molecule is CCNCCC1(CCc2ccc(OC)cc2Cl)CCCC1. The van der Waals surface area contributed by atoms with Crippen LogP contribution in [0, 0.1) is 5.41 Å². The second-order valence-electron chi connectivity index (χ2n) is 6.27. The van der Waals surface area contributed by atoms with Gasteiger partial charge < -0.3 is 10.1 Å². The van der Waals surface area contributed by atoms with E-state index in [4.69, 9.17) is 16.3 Å². The van der Waals surface area contributed by atoms with Crippen LogP contribution in [0.5, 0.6) is 5.75 Å². The first-order valence-electron chi connectivity index (χ1n) is 8.22. The number of hydrogen-bond acceptors (Lipinski definition) is 2. The van der Waals surface area contributed by atoms with Crippen LogP contribution in [0.1, 0.15) is 51.0 Å². The molecule has 0 aromatic heterocycles. The van der Waals surface area contributed by atoms with Crippen LogP contribution in [0.25, 0.3) is 0 Å². The van der Waals surface area contributed by atoms with Crippen molar-refractivity contribution in [3.05, 3.63) is 28.8 Å². The van der Waals surface area contributed by atoms with E-state index in [2.05, 4.69) is 18.3 Å². The van der Waals surface area contributed by atoms with Gasteiger partial charge in [0.15, 0.2) is 0 Å². The fraction of sp³-hybridized carbons (Fsp3) is 0.667. The lowest BCUT2D eigenvalue weighted by molar-refractivity contribution is 0.246. The Kier molecular flexibility index (Phi) is 6.38. The third-order valence-electron chi connectivity index (χ3n) is 4.93. The molecule has 0 bridgehead atoms. The van der Waals surface area contributed by atoms with Crippen LogP contribution in [-0.4, -0.2) is 20.2 Å². The van der Waals surface area contributed by atoms with Gasteiger partial charge in [-0.1, -0.05) is 37.4 Å². The molecule has 0 aliphatic heterocycles. The van der Waals surface area contributed by atoms with Gasteiger partial charge in [-0.05, 0) is 68.3 Å². The van der Waals surface area contributed by atoms with Gasteiger partial charge in [-0.2, -0.15) is 0 Å². The van der Waals surface area contributed by atoms with Crippen LogP contribution in [0.4, 0.5) is 0 Å². The highest BCUT2D eigenvalue weighted by Gasteiger charge is 2.32. The monoisotopic (exact) mass is 309 g/mol. The second kappa shape index (κ2) is 8.05. The normalized spacial score (nSPS) is 17.1. The third-order valence-corrected chi connectivity index (χ3v) is 5.28. The Morgan fingerprint density at radius 1 is 1.24 bits per heavy atom. The summed E-state index contributed by atoms with van der Waals surface area (Å²) in [6.07, 6.45) is 9.18. The number of halogens is 1. The molecule has 1 aliphatic rings. The molecule has 1 aromatic carbocycles. The van der Waals surface area contributed by atoms with Gasteiger partial charge in [0.25, 0.3) is 0 Å². The molecule has 1 fully saturated rings. The molecular weight excluding hydrogens is 282 g/mol. The third kappa shape index (κ3) is 4.62. The lowest BCUT2D eigenvalue weighted by atomic mass is 9.77. The molecule has 0 radical (unpaired) electrons. The van der Waals surface area contributed by atoms with E-state index in [0.29, 0.717) is 5.41 Å². The summed E-state index contributed by atoms with van der Waals surface area (Å²) in [5.41, 5.74) is 1.79. The number of aryl methyl sites for hydroxylation is 1. The summed E-state index contributed by atoms with van der Waals surface area (Å²) >= 11 is 6.37. The molecule has 0 unspecified atom stereocenters. The molecular formula is C18H28ClNO. The fourth-order valence-electron chi connectivity index (χ4n) is 3.54. The molecule has 0 amide bonds. The van der Waals surface area contributed by atoms with Crippen LogP contribution in [0.2, 0.25) is 5.02 Å². The summed E-state index contributed by atoms with van der Waals surface area (Å²) in [6, 6.07) is 6.06. The van der Waals surface area contributed by atoms with Crippen molar-refractivity contribution in [2.75, 3.05) is 20.2 Å². The van der Waals surface area contributed by atoms with Crippen LogP contribution in [-0.2, 0) is 6.42 Å². The van der Waals surface area contributed by atoms with Crippen LogP contribution in [0.15, 0.2) is 18.2 Å². The lowest BCUT2D eigenvalue weighted by Gasteiger charge is -2.29. The van der Waals surface area contributed by atoms with E-state index in [9.17, 15) is 0 Å². The van der Waals surface area contributed by atoms with E-state index < -0.39 is 0 Å². The zero-order chi connectivity index (χ0) is 15.1. The molecule has 118 valence electrons. The van der Waals surface area contributed by atoms with E-state index in [1.165, 1.54) is 44.1 Å². The summed E-state index contributed by atoms with van der Waals surface area (Å²) in [5.74, 6) is 0.839. The van der Waals surface area contributed by atoms with Crippen molar-refractivity contribution in [1.82, 2.24) is 5.32 Å². The summed E-state index contributed by atoms with van der Waals surface area (Å²) < 4.78 is 5.22. The molecule has 1 N–H and O–H groups in total. The molecule has 0 heterocycles. The van der Waals surface area contributed by atoms with Gasteiger partial charge >= 0.3 is 0 Å². The lowest BCUT2D eigenvalue weighted by Crippen LogP contribution is -2.25. The number of hydrogen-bond donors (Lipinski definition) is 1. The first kappa shape index (κ1) is 16.6. The van der Waals surface area contributed by atoms with Crippen molar-refractivity contribution in [3.63, 3.8) is 0 Å². The predicted molar refractivity (Wildman–Crippen MR) is 90.4 cm³/mol. The van der Waals surface area contributed by atoms with E-state index >= 15 is 0 Å². The van der Waals surface area contributed by atoms with E-state index in [1.54, 1.807) is 7.11 Å². The highest BCUT2D eigenvalue weighted by atomic mass is 35.5. The molecule has 3 heteroatoms. The minimum atomic E-state index is 0.533. The largest absolute Gasteiger partial charge is 0.497 e. The Bertz CT molecular complexity index is 441. The van der Waals surface area contributed by atoms with Crippen molar-refractivity contribution in [2.45, 2.75) is 51.9 Å². The van der Waals surface area contributed by atoms with Gasteiger partial charge in [0, 0.05) is 5.02 Å². The first-order chi connectivity index (χ1) is 10.2. The Hall–Kier alpha value is -0.730. The highest BCUT2D eigenvalue weighted by molar-refractivity contribution is 6.31. The fourth-order valence-corrected chi connectivity index (χ4v) is 3.80. The number of nitrogens with one attached hydrogen (secondary N) is 1. The molecule has 0 spiro atoms. The standard InChI is InChI=1S/C18H28ClNO/c1-3-20-13-12-18(9-4-5-10-18)11-8-15-6-7-16(21-2)14-17(15)19/h6-7,14,20H,3-5,8-13H2,1-2H3. The van der Waals surface area contributed by atoms with Gasteiger partial charge in [0.2, 0.25) is 0 Å². The Balaban J connectivity index is 1.95. The van der Waals surface area contributed by atoms with Crippen LogP contribution < -0.4 is 10.1 Å². The van der Waals surface area contributed by atoms with Crippen LogP contribution in [0.3, 0.4) is 0 Å². The van der Waals surface area contributed by atoms with Crippen LogP contribution >= 0.6 is 11.6 Å². The summed E-state index contributed by atoms with van der Waals surface area (Å²) in [6.45, 7) is 4.39. The number of benzene rings is 1. The van der Waals surface area contributed by atoms with Crippen molar-refractivity contribution < 1.29 is 4.74 Å². The molecule has 2 rings (SSSR count). The van der Waals surface area contributed by atoms with E-state index in [-0.39, 0.29) is 0 Å². The van der Waals surface area contributed by atoms with Crippen molar-refractivity contribution in [1.29, 1.82) is 0 Å². The minimum Gasteiger partial charge on any atom is -0.497 e. The molecule has 21 heavy (non-hydrogen) atoms. The first-order valence-corrected chi connectivity index (χ1v) is 8.60. The summed E-state index contributed by atoms with van der Waals surface area (Å²) in [5, 5.41) is 4.32. The average molecular weight is 310 g/mol. The Morgan fingerprint density at radius 3 is 2.62 bits per heavy atom. The van der Waals surface area contributed by atoms with E-state index in [0.717, 1.165) is 30.3 Å². The maximum Gasteiger partial charge on any atom is 0.120 e. The second-order valence-corrected chi connectivity index (χ2v) is 6.68. The maximum absolute atomic E-state index is 6.37. The van der Waals surface area contributed by atoms with Gasteiger partial charge in [-0.3, -0.25) is 0 Å². The number of methoxy groups -OCH3 is 1. The molecule has 0 atom stereocenters. The number of rotatable bonds is 8. The average Bonchev–Trinajstić information content (AvgIpc) is 2.95. The molecule has 2 nitrogen and oxygen atoms in total. The molecule has 1 aliphatic carbocycles. The Morgan fingerprint density at radius 2 is 2.00 bits per heavy atom. The molecule has 1 aromatic rings. The van der Waals surface area contributed by atoms with Crippen molar-refractivity contribution in [3.8, 4) is 5.75 Å². The van der Waals surface area contributed by atoms with E-state index in [1.807, 2.05) is 12.1 Å². The highest BCUT2D eigenvalue weighted by Crippen LogP contribution is 2.45. The van der Waals surface area contributed by atoms with Crippen molar-refractivity contribution >= 4 is 11.6 Å². The molecule has 1 saturated carbocycles. The van der Waals surface area contributed by atoms with Gasteiger partial charge in [-0.15, -0.1) is 0 Å². The zero-order valence-corrected chi connectivity index (χ0v) is 14.1. The Labute approximate surface area is 134 Å². The molecule has 0 saturated heterocycles. The van der Waals surface area contributed by atoms with Gasteiger partial charge in [0.05, 0.1) is 7.11 Å². The van der Waals surface area contributed by atoms with Gasteiger partial charge in [0.1, 0.15) is 5.75 Å². The maximum atomic E-state index is 6.37. The quantitative estimate of drug-likeness (QED) is 0.694. The van der Waals surface area contributed by atoms with Gasteiger partial charge in [-0.25, -0.2) is 0 Å². The van der Waals surface area contributed by atoms with Crippen molar-refractivity contribution in [2.24, 2.45) is 5.41 Å². The summed E-state index contributed by atoms with van der Waals surface area (Å²) in [7, 11) is 1.68.